The molecule has 3 aliphatic rings. The number of nitrogens with one attached hydrogen (secondary N) is 2. The van der Waals surface area contributed by atoms with Crippen LogP contribution < -0.4 is 10.6 Å². The number of benzene rings is 2. The lowest BCUT2D eigenvalue weighted by Gasteiger charge is -2.50. The van der Waals surface area contributed by atoms with Crippen molar-refractivity contribution >= 4 is 29.3 Å². The molecule has 3 fully saturated rings. The fourth-order valence-electron chi connectivity index (χ4n) is 7.08. The van der Waals surface area contributed by atoms with E-state index < -0.39 is 6.04 Å². The van der Waals surface area contributed by atoms with Crippen molar-refractivity contribution in [2.75, 3.05) is 32.7 Å². The van der Waals surface area contributed by atoms with Gasteiger partial charge in [-0.05, 0) is 48.9 Å². The third-order valence-corrected chi connectivity index (χ3v) is 9.81. The van der Waals surface area contributed by atoms with Gasteiger partial charge in [0.1, 0.15) is 6.04 Å². The molecule has 0 unspecified atom stereocenters. The molecule has 1 saturated heterocycles. The van der Waals surface area contributed by atoms with Gasteiger partial charge in [-0.2, -0.15) is 0 Å². The lowest BCUT2D eigenvalue weighted by Crippen LogP contribution is -2.63. The highest BCUT2D eigenvalue weighted by atomic mass is 35.5. The Morgan fingerprint density at radius 1 is 0.833 bits per heavy atom. The summed E-state index contributed by atoms with van der Waals surface area (Å²) in [5, 5.41) is 7.04. The highest BCUT2D eigenvalue weighted by Crippen LogP contribution is 2.34. The minimum Gasteiger partial charge on any atom is -0.354 e. The molecule has 2 saturated carbocycles. The number of piperazine rings is 1. The smallest absolute Gasteiger partial charge is 0.245 e. The van der Waals surface area contributed by atoms with Crippen molar-refractivity contribution in [1.29, 1.82) is 0 Å². The molecule has 42 heavy (non-hydrogen) atoms. The number of nitrogens with zero attached hydrogens (tertiary/aromatic N) is 2. The van der Waals surface area contributed by atoms with Gasteiger partial charge in [-0.15, -0.1) is 0 Å². The summed E-state index contributed by atoms with van der Waals surface area (Å²) >= 11 is 6.10. The molecule has 7 nitrogen and oxygen atoms in total. The number of halogens is 1. The Hall–Kier alpha value is -2.90. The Balaban J connectivity index is 1.21. The topological polar surface area (TPSA) is 81.8 Å². The fourth-order valence-corrected chi connectivity index (χ4v) is 7.20. The van der Waals surface area contributed by atoms with E-state index in [0.717, 1.165) is 75.6 Å². The molecule has 5 rings (SSSR count). The van der Waals surface area contributed by atoms with Crippen LogP contribution in [0.25, 0.3) is 0 Å². The molecule has 2 aromatic rings. The van der Waals surface area contributed by atoms with E-state index >= 15 is 0 Å². The van der Waals surface area contributed by atoms with Gasteiger partial charge in [-0.1, -0.05) is 86.2 Å². The molecular weight excluding hydrogens is 548 g/mol. The van der Waals surface area contributed by atoms with Crippen molar-refractivity contribution < 1.29 is 14.4 Å². The molecule has 0 radical (unpaired) electrons. The second-order valence-electron chi connectivity index (χ2n) is 12.4. The van der Waals surface area contributed by atoms with E-state index in [1.165, 1.54) is 6.42 Å². The molecule has 226 valence electrons. The highest BCUT2D eigenvalue weighted by molar-refractivity contribution is 6.30. The summed E-state index contributed by atoms with van der Waals surface area (Å²) < 4.78 is 0. The van der Waals surface area contributed by atoms with E-state index in [4.69, 9.17) is 11.6 Å². The van der Waals surface area contributed by atoms with Gasteiger partial charge in [-0.3, -0.25) is 19.3 Å². The maximum absolute atomic E-state index is 13.9. The zero-order valence-corrected chi connectivity index (χ0v) is 25.4. The van der Waals surface area contributed by atoms with Crippen molar-refractivity contribution in [3.8, 4) is 0 Å². The zero-order valence-electron chi connectivity index (χ0n) is 24.7. The van der Waals surface area contributed by atoms with Crippen LogP contribution in [0.3, 0.4) is 0 Å². The number of carbonyl (C=O) groups is 3. The van der Waals surface area contributed by atoms with Crippen molar-refractivity contribution in [2.45, 2.75) is 82.2 Å². The standard InChI is InChI=1S/C34H45ClN4O3/c35-29-15-13-27(14-16-29)23-30(37-32(41)28-11-5-6-12-28)33(42)38-19-21-39(22-20-38)34(17-7-2-8-18-34)25-36-31(40)24-26-9-3-1-4-10-26/h1,3-4,9-10,13-16,28,30H,2,5-8,11-12,17-25H2,(H,36,40)(H,37,41)/t30-/m1/s1. The molecule has 0 spiro atoms. The Bertz CT molecular complexity index is 1190. The van der Waals surface area contributed by atoms with Crippen LogP contribution in [0.5, 0.6) is 0 Å². The van der Waals surface area contributed by atoms with Crippen molar-refractivity contribution in [2.24, 2.45) is 5.92 Å². The highest BCUT2D eigenvalue weighted by Gasteiger charge is 2.41. The lowest BCUT2D eigenvalue weighted by atomic mass is 9.79. The van der Waals surface area contributed by atoms with Gasteiger partial charge in [0.2, 0.25) is 17.7 Å². The van der Waals surface area contributed by atoms with Crippen LogP contribution in [0.2, 0.25) is 5.02 Å². The molecule has 8 heteroatoms. The first-order valence-corrected chi connectivity index (χ1v) is 16.2. The van der Waals surface area contributed by atoms with Crippen LogP contribution in [0.4, 0.5) is 0 Å². The average Bonchev–Trinajstić information content (AvgIpc) is 3.57. The molecule has 2 aromatic carbocycles. The number of carbonyl (C=O) groups excluding carboxylic acids is 3. The third kappa shape index (κ3) is 7.93. The zero-order chi connectivity index (χ0) is 29.4. The van der Waals surface area contributed by atoms with Gasteiger partial charge in [0, 0.05) is 55.6 Å². The van der Waals surface area contributed by atoms with E-state index in [1.54, 1.807) is 0 Å². The molecule has 0 aromatic heterocycles. The summed E-state index contributed by atoms with van der Waals surface area (Å²) in [5.74, 6) is 0.0595. The Morgan fingerprint density at radius 3 is 2.17 bits per heavy atom. The molecule has 1 aliphatic heterocycles. The number of rotatable bonds is 10. The lowest BCUT2D eigenvalue weighted by molar-refractivity contribution is -0.139. The van der Waals surface area contributed by atoms with Crippen LogP contribution in [-0.2, 0) is 27.2 Å². The predicted octanol–water partition coefficient (Wildman–Crippen LogP) is 4.76. The van der Waals surface area contributed by atoms with E-state index in [0.29, 0.717) is 37.5 Å². The summed E-state index contributed by atoms with van der Waals surface area (Å²) in [6.07, 6.45) is 10.4. The van der Waals surface area contributed by atoms with E-state index in [2.05, 4.69) is 15.5 Å². The van der Waals surface area contributed by atoms with Crippen molar-refractivity contribution in [3.05, 3.63) is 70.7 Å². The summed E-state index contributed by atoms with van der Waals surface area (Å²) in [6.45, 7) is 3.42. The molecule has 3 amide bonds. The van der Waals surface area contributed by atoms with Crippen LogP contribution in [0.15, 0.2) is 54.6 Å². The molecule has 0 bridgehead atoms. The van der Waals surface area contributed by atoms with Crippen LogP contribution >= 0.6 is 11.6 Å². The summed E-state index contributed by atoms with van der Waals surface area (Å²) in [7, 11) is 0. The maximum Gasteiger partial charge on any atom is 0.245 e. The maximum atomic E-state index is 13.9. The van der Waals surface area contributed by atoms with Gasteiger partial charge in [0.15, 0.2) is 0 Å². The van der Waals surface area contributed by atoms with Gasteiger partial charge in [0.05, 0.1) is 6.42 Å². The minimum atomic E-state index is -0.591. The number of hydrogen-bond donors (Lipinski definition) is 2. The minimum absolute atomic E-state index is 0.00521. The first-order chi connectivity index (χ1) is 20.4. The van der Waals surface area contributed by atoms with Gasteiger partial charge < -0.3 is 15.5 Å². The first kappa shape index (κ1) is 30.6. The molecule has 2 N–H and O–H groups in total. The third-order valence-electron chi connectivity index (χ3n) is 9.56. The van der Waals surface area contributed by atoms with E-state index in [9.17, 15) is 14.4 Å². The molecule has 1 heterocycles. The van der Waals surface area contributed by atoms with Crippen molar-refractivity contribution in [1.82, 2.24) is 20.4 Å². The summed E-state index contributed by atoms with van der Waals surface area (Å²) in [5.41, 5.74) is 1.93. The first-order valence-electron chi connectivity index (χ1n) is 15.8. The van der Waals surface area contributed by atoms with Crippen molar-refractivity contribution in [3.63, 3.8) is 0 Å². The van der Waals surface area contributed by atoms with Gasteiger partial charge in [0.25, 0.3) is 0 Å². The van der Waals surface area contributed by atoms with Gasteiger partial charge in [-0.25, -0.2) is 0 Å². The van der Waals surface area contributed by atoms with E-state index in [1.807, 2.05) is 59.5 Å². The summed E-state index contributed by atoms with van der Waals surface area (Å²) in [6, 6.07) is 16.8. The van der Waals surface area contributed by atoms with Crippen LogP contribution in [0, 0.1) is 5.92 Å². The second-order valence-corrected chi connectivity index (χ2v) is 12.8. The molecular formula is C34H45ClN4O3. The Morgan fingerprint density at radius 2 is 1.50 bits per heavy atom. The van der Waals surface area contributed by atoms with E-state index in [-0.39, 0.29) is 29.2 Å². The summed E-state index contributed by atoms with van der Waals surface area (Å²) in [4.78, 5) is 44.2. The second kappa shape index (κ2) is 14.5. The number of hydrogen-bond acceptors (Lipinski definition) is 4. The number of amides is 3. The fraction of sp³-hybridized carbons (Fsp3) is 0.559. The Kier molecular flexibility index (Phi) is 10.6. The predicted molar refractivity (Wildman–Crippen MR) is 166 cm³/mol. The van der Waals surface area contributed by atoms with Crippen LogP contribution in [0.1, 0.15) is 68.9 Å². The quantitative estimate of drug-likeness (QED) is 0.417. The van der Waals surface area contributed by atoms with Gasteiger partial charge >= 0.3 is 0 Å². The normalized spacial score (nSPS) is 20.2. The molecule has 1 atom stereocenters. The van der Waals surface area contributed by atoms with Crippen LogP contribution in [-0.4, -0.2) is 71.8 Å². The SMILES string of the molecule is O=C(Cc1ccccc1)NCC1(N2CCN(C(=O)[C@@H](Cc3ccc(Cl)cc3)NC(=O)C3CCCC3)CC2)CCCCC1. The average molecular weight is 593 g/mol. The molecule has 2 aliphatic carbocycles. The monoisotopic (exact) mass is 592 g/mol. The largest absolute Gasteiger partial charge is 0.354 e. The Labute approximate surface area is 255 Å².